The Morgan fingerprint density at radius 2 is 2.29 bits per heavy atom. The van der Waals surface area contributed by atoms with Gasteiger partial charge in [-0.3, -0.25) is 9.69 Å². The van der Waals surface area contributed by atoms with E-state index in [1.807, 2.05) is 0 Å². The van der Waals surface area contributed by atoms with Crippen LogP contribution in [0.3, 0.4) is 0 Å². The molecule has 3 N–H and O–H groups in total. The van der Waals surface area contributed by atoms with E-state index in [1.54, 1.807) is 18.2 Å². The molecule has 0 aliphatic carbocycles. The maximum absolute atomic E-state index is 12.1. The molecule has 2 rings (SSSR count). The SMILES string of the molecule is NCCC1CN(CC(=O)Nc2cccc(Cl)c2Cl)CCO1. The minimum absolute atomic E-state index is 0.103. The first-order chi connectivity index (χ1) is 10.1. The third-order valence-corrected chi connectivity index (χ3v) is 4.12. The van der Waals surface area contributed by atoms with Gasteiger partial charge in [0.25, 0.3) is 0 Å². The Labute approximate surface area is 134 Å². The molecule has 1 amide bonds. The van der Waals surface area contributed by atoms with E-state index in [0.29, 0.717) is 42.0 Å². The minimum atomic E-state index is -0.118. The lowest BCUT2D eigenvalue weighted by molar-refractivity contribution is -0.119. The van der Waals surface area contributed by atoms with Crippen LogP contribution in [0, 0.1) is 0 Å². The van der Waals surface area contributed by atoms with Gasteiger partial charge in [0.2, 0.25) is 5.91 Å². The second-order valence-corrected chi connectivity index (χ2v) is 5.74. The monoisotopic (exact) mass is 331 g/mol. The zero-order valence-corrected chi connectivity index (χ0v) is 13.2. The zero-order valence-electron chi connectivity index (χ0n) is 11.6. The number of ether oxygens (including phenoxy) is 1. The van der Waals surface area contributed by atoms with Gasteiger partial charge in [0.1, 0.15) is 0 Å². The van der Waals surface area contributed by atoms with Crippen molar-refractivity contribution in [2.45, 2.75) is 12.5 Å². The van der Waals surface area contributed by atoms with Crippen LogP contribution in [-0.4, -0.2) is 49.7 Å². The van der Waals surface area contributed by atoms with Crippen LogP contribution in [0.15, 0.2) is 18.2 Å². The molecule has 5 nitrogen and oxygen atoms in total. The summed E-state index contributed by atoms with van der Waals surface area (Å²) in [7, 11) is 0. The van der Waals surface area contributed by atoms with Crippen LogP contribution in [0.25, 0.3) is 0 Å². The van der Waals surface area contributed by atoms with Crippen molar-refractivity contribution in [2.75, 3.05) is 38.1 Å². The Bertz CT molecular complexity index is 497. The van der Waals surface area contributed by atoms with E-state index in [0.717, 1.165) is 13.0 Å². The zero-order chi connectivity index (χ0) is 15.2. The quantitative estimate of drug-likeness (QED) is 0.865. The van der Waals surface area contributed by atoms with Gasteiger partial charge in [-0.25, -0.2) is 0 Å². The predicted molar refractivity (Wildman–Crippen MR) is 84.9 cm³/mol. The number of benzene rings is 1. The van der Waals surface area contributed by atoms with Crippen LogP contribution in [0.1, 0.15) is 6.42 Å². The third-order valence-electron chi connectivity index (χ3n) is 3.30. The predicted octanol–water partition coefficient (Wildman–Crippen LogP) is 1.98. The van der Waals surface area contributed by atoms with Crippen molar-refractivity contribution < 1.29 is 9.53 Å². The summed E-state index contributed by atoms with van der Waals surface area (Å²) in [5, 5.41) is 3.56. The van der Waals surface area contributed by atoms with Crippen LogP contribution in [0.2, 0.25) is 10.0 Å². The maximum atomic E-state index is 12.1. The van der Waals surface area contributed by atoms with Gasteiger partial charge in [0.05, 0.1) is 35.0 Å². The second-order valence-electron chi connectivity index (χ2n) is 4.95. The van der Waals surface area contributed by atoms with Crippen molar-refractivity contribution in [3.63, 3.8) is 0 Å². The molecule has 1 aliphatic rings. The van der Waals surface area contributed by atoms with Crippen molar-refractivity contribution in [1.82, 2.24) is 4.90 Å². The molecule has 0 saturated carbocycles. The molecular weight excluding hydrogens is 313 g/mol. The number of hydrogen-bond donors (Lipinski definition) is 2. The summed E-state index contributed by atoms with van der Waals surface area (Å²) >= 11 is 12.0. The number of nitrogens with two attached hydrogens (primary N) is 1. The number of amides is 1. The number of carbonyl (C=O) groups excluding carboxylic acids is 1. The van der Waals surface area contributed by atoms with Gasteiger partial charge in [0, 0.05) is 13.1 Å². The molecule has 1 aliphatic heterocycles. The molecule has 1 aromatic carbocycles. The van der Waals surface area contributed by atoms with Crippen molar-refractivity contribution in [3.05, 3.63) is 28.2 Å². The molecule has 1 unspecified atom stereocenters. The molecule has 1 atom stereocenters. The van der Waals surface area contributed by atoms with Gasteiger partial charge in [-0.05, 0) is 25.1 Å². The average molecular weight is 332 g/mol. The molecule has 0 bridgehead atoms. The average Bonchev–Trinajstić information content (AvgIpc) is 2.44. The molecule has 1 aromatic rings. The van der Waals surface area contributed by atoms with E-state index in [9.17, 15) is 4.79 Å². The van der Waals surface area contributed by atoms with Crippen LogP contribution >= 0.6 is 23.2 Å². The van der Waals surface area contributed by atoms with E-state index in [-0.39, 0.29) is 12.0 Å². The highest BCUT2D eigenvalue weighted by Gasteiger charge is 2.21. The van der Waals surface area contributed by atoms with Crippen LogP contribution < -0.4 is 11.1 Å². The fraction of sp³-hybridized carbons (Fsp3) is 0.500. The Morgan fingerprint density at radius 1 is 1.48 bits per heavy atom. The van der Waals surface area contributed by atoms with E-state index in [4.69, 9.17) is 33.7 Å². The largest absolute Gasteiger partial charge is 0.376 e. The first kappa shape index (κ1) is 16.5. The van der Waals surface area contributed by atoms with E-state index >= 15 is 0 Å². The molecule has 1 saturated heterocycles. The van der Waals surface area contributed by atoms with E-state index < -0.39 is 0 Å². The molecule has 0 aromatic heterocycles. The molecular formula is C14H19Cl2N3O2. The number of hydrogen-bond acceptors (Lipinski definition) is 4. The van der Waals surface area contributed by atoms with Crippen molar-refractivity contribution in [3.8, 4) is 0 Å². The Kier molecular flexibility index (Phi) is 6.26. The summed E-state index contributed by atoms with van der Waals surface area (Å²) in [6.07, 6.45) is 0.907. The van der Waals surface area contributed by atoms with Gasteiger partial charge in [-0.15, -0.1) is 0 Å². The number of nitrogens with one attached hydrogen (secondary N) is 1. The molecule has 1 fully saturated rings. The second kappa shape index (κ2) is 7.96. The molecule has 7 heteroatoms. The van der Waals surface area contributed by atoms with E-state index in [2.05, 4.69) is 10.2 Å². The summed E-state index contributed by atoms with van der Waals surface area (Å²) in [6, 6.07) is 5.15. The fourth-order valence-electron chi connectivity index (χ4n) is 2.28. The van der Waals surface area contributed by atoms with Gasteiger partial charge in [-0.2, -0.15) is 0 Å². The summed E-state index contributed by atoms with van der Waals surface area (Å²) < 4.78 is 5.59. The lowest BCUT2D eigenvalue weighted by Gasteiger charge is -2.32. The van der Waals surface area contributed by atoms with E-state index in [1.165, 1.54) is 0 Å². The minimum Gasteiger partial charge on any atom is -0.376 e. The van der Waals surface area contributed by atoms with Crippen molar-refractivity contribution in [1.29, 1.82) is 0 Å². The number of morpholine rings is 1. The summed E-state index contributed by atoms with van der Waals surface area (Å²) in [5.74, 6) is -0.118. The number of nitrogens with zero attached hydrogens (tertiary/aromatic N) is 1. The first-order valence-electron chi connectivity index (χ1n) is 6.88. The Morgan fingerprint density at radius 3 is 3.05 bits per heavy atom. The highest BCUT2D eigenvalue weighted by molar-refractivity contribution is 6.43. The number of halogens is 2. The van der Waals surface area contributed by atoms with Gasteiger partial charge < -0.3 is 15.8 Å². The van der Waals surface area contributed by atoms with Crippen molar-refractivity contribution in [2.24, 2.45) is 5.73 Å². The molecule has 1 heterocycles. The van der Waals surface area contributed by atoms with Gasteiger partial charge in [0.15, 0.2) is 0 Å². The molecule has 116 valence electrons. The van der Waals surface area contributed by atoms with Crippen LogP contribution in [0.4, 0.5) is 5.69 Å². The van der Waals surface area contributed by atoms with Gasteiger partial charge >= 0.3 is 0 Å². The van der Waals surface area contributed by atoms with Crippen molar-refractivity contribution >= 4 is 34.8 Å². The number of anilines is 1. The standard InChI is InChI=1S/C14H19Cl2N3O2/c15-11-2-1-3-12(14(11)16)18-13(20)9-19-6-7-21-10(8-19)4-5-17/h1-3,10H,4-9,17H2,(H,18,20). The highest BCUT2D eigenvalue weighted by Crippen LogP contribution is 2.29. The first-order valence-corrected chi connectivity index (χ1v) is 7.63. The number of carbonyl (C=O) groups is 1. The fourth-order valence-corrected chi connectivity index (χ4v) is 2.63. The molecule has 0 spiro atoms. The Balaban J connectivity index is 1.88. The lowest BCUT2D eigenvalue weighted by atomic mass is 10.2. The Hall–Kier alpha value is -0.850. The van der Waals surface area contributed by atoms with Crippen LogP contribution in [-0.2, 0) is 9.53 Å². The molecule has 0 radical (unpaired) electrons. The maximum Gasteiger partial charge on any atom is 0.238 e. The number of rotatable bonds is 5. The summed E-state index contributed by atoms with van der Waals surface area (Å²) in [6.45, 7) is 2.96. The third kappa shape index (κ3) is 4.83. The van der Waals surface area contributed by atoms with Crippen LogP contribution in [0.5, 0.6) is 0 Å². The topological polar surface area (TPSA) is 67.6 Å². The summed E-state index contributed by atoms with van der Waals surface area (Å²) in [4.78, 5) is 14.1. The highest BCUT2D eigenvalue weighted by atomic mass is 35.5. The lowest BCUT2D eigenvalue weighted by Crippen LogP contribution is -2.46. The molecule has 21 heavy (non-hydrogen) atoms. The van der Waals surface area contributed by atoms with Gasteiger partial charge in [-0.1, -0.05) is 29.3 Å². The summed E-state index contributed by atoms with van der Waals surface area (Å²) in [5.41, 5.74) is 6.06. The normalized spacial score (nSPS) is 19.5. The smallest absolute Gasteiger partial charge is 0.238 e.